The molecule has 2 nitrogen and oxygen atoms in total. The van der Waals surface area contributed by atoms with E-state index in [0.29, 0.717) is 6.04 Å². The molecule has 0 radical (unpaired) electrons. The second kappa shape index (κ2) is 4.85. The minimum atomic E-state index is 0.578. The van der Waals surface area contributed by atoms with Crippen molar-refractivity contribution in [2.75, 3.05) is 0 Å². The minimum Gasteiger partial charge on any atom is -0.367 e. The van der Waals surface area contributed by atoms with Crippen LogP contribution >= 0.6 is 0 Å². The van der Waals surface area contributed by atoms with E-state index in [2.05, 4.69) is 30.5 Å². The average molecular weight is 178 g/mol. The van der Waals surface area contributed by atoms with Gasteiger partial charge in [-0.3, -0.25) is 0 Å². The molecule has 1 unspecified atom stereocenters. The number of allylic oxidation sites excluding steroid dienone is 2. The third-order valence-corrected chi connectivity index (χ3v) is 2.45. The zero-order valence-electron chi connectivity index (χ0n) is 8.34. The molecule has 2 heteroatoms. The minimum absolute atomic E-state index is 0.578. The zero-order chi connectivity index (χ0) is 9.68. The van der Waals surface area contributed by atoms with E-state index in [1.54, 1.807) is 0 Å². The molecule has 0 amide bonds. The quantitative estimate of drug-likeness (QED) is 0.657. The SMILES string of the molecule is C=CC1=C(N=C)NC(CCC)CC1. The van der Waals surface area contributed by atoms with Crippen LogP contribution in [0.2, 0.25) is 0 Å². The Morgan fingerprint density at radius 1 is 1.69 bits per heavy atom. The topological polar surface area (TPSA) is 24.4 Å². The van der Waals surface area contributed by atoms with E-state index in [4.69, 9.17) is 0 Å². The molecule has 0 aliphatic carbocycles. The standard InChI is InChI=1S/C11H18N2/c1-4-6-10-8-7-9(5-2)11(12-3)13-10/h5,10,13H,2-4,6-8H2,1H3. The molecule has 0 saturated carbocycles. The van der Waals surface area contributed by atoms with Crippen molar-refractivity contribution >= 4 is 6.72 Å². The molecule has 0 aromatic heterocycles. The zero-order valence-corrected chi connectivity index (χ0v) is 8.34. The molecule has 72 valence electrons. The van der Waals surface area contributed by atoms with Crippen LogP contribution in [0.25, 0.3) is 0 Å². The first-order chi connectivity index (χ1) is 6.31. The Morgan fingerprint density at radius 2 is 2.46 bits per heavy atom. The van der Waals surface area contributed by atoms with Crippen LogP contribution < -0.4 is 5.32 Å². The number of nitrogens with one attached hydrogen (secondary N) is 1. The highest BCUT2D eigenvalue weighted by atomic mass is 15.1. The first kappa shape index (κ1) is 10.0. The molecule has 1 aliphatic rings. The summed E-state index contributed by atoms with van der Waals surface area (Å²) in [7, 11) is 0. The maximum atomic E-state index is 3.98. The molecule has 0 aromatic rings. The molecular formula is C11H18N2. The van der Waals surface area contributed by atoms with Gasteiger partial charge in [0.1, 0.15) is 5.82 Å². The van der Waals surface area contributed by atoms with Gasteiger partial charge in [-0.1, -0.05) is 26.0 Å². The van der Waals surface area contributed by atoms with E-state index in [1.807, 2.05) is 6.08 Å². The van der Waals surface area contributed by atoms with E-state index >= 15 is 0 Å². The van der Waals surface area contributed by atoms with Gasteiger partial charge in [-0.25, -0.2) is 4.99 Å². The molecule has 0 bridgehead atoms. The Hall–Kier alpha value is -1.05. The molecule has 0 saturated heterocycles. The Labute approximate surface area is 80.4 Å². The second-order valence-electron chi connectivity index (χ2n) is 3.40. The van der Waals surface area contributed by atoms with Crippen LogP contribution in [0, 0.1) is 0 Å². The van der Waals surface area contributed by atoms with Crippen molar-refractivity contribution in [2.45, 2.75) is 38.6 Å². The normalized spacial score (nSPS) is 22.4. The monoisotopic (exact) mass is 178 g/mol. The maximum absolute atomic E-state index is 3.98. The number of hydrogen-bond acceptors (Lipinski definition) is 2. The van der Waals surface area contributed by atoms with Crippen molar-refractivity contribution in [1.82, 2.24) is 5.32 Å². The number of nitrogens with zero attached hydrogens (tertiary/aromatic N) is 1. The lowest BCUT2D eigenvalue weighted by molar-refractivity contribution is 0.460. The van der Waals surface area contributed by atoms with Gasteiger partial charge >= 0.3 is 0 Å². The van der Waals surface area contributed by atoms with E-state index in [-0.39, 0.29) is 0 Å². The Kier molecular flexibility index (Phi) is 3.74. The molecule has 0 spiro atoms. The smallest absolute Gasteiger partial charge is 0.128 e. The van der Waals surface area contributed by atoms with E-state index < -0.39 is 0 Å². The fourth-order valence-corrected chi connectivity index (χ4v) is 1.72. The molecule has 1 N–H and O–H groups in total. The van der Waals surface area contributed by atoms with Crippen LogP contribution in [0.1, 0.15) is 32.6 Å². The van der Waals surface area contributed by atoms with Crippen LogP contribution in [0.3, 0.4) is 0 Å². The summed E-state index contributed by atoms with van der Waals surface area (Å²) in [6, 6.07) is 0.578. The highest BCUT2D eigenvalue weighted by molar-refractivity contribution is 5.34. The van der Waals surface area contributed by atoms with Crippen molar-refractivity contribution in [3.05, 3.63) is 24.0 Å². The first-order valence-electron chi connectivity index (χ1n) is 4.90. The van der Waals surface area contributed by atoms with Crippen LogP contribution in [-0.2, 0) is 0 Å². The summed E-state index contributed by atoms with van der Waals surface area (Å²) in [5.41, 5.74) is 1.20. The lowest BCUT2D eigenvalue weighted by atomic mass is 9.98. The van der Waals surface area contributed by atoms with Gasteiger partial charge in [0.2, 0.25) is 0 Å². The summed E-state index contributed by atoms with van der Waals surface area (Å²) in [4.78, 5) is 3.98. The summed E-state index contributed by atoms with van der Waals surface area (Å²) in [5.74, 6) is 0.930. The number of hydrogen-bond donors (Lipinski definition) is 1. The summed E-state index contributed by atoms with van der Waals surface area (Å²) < 4.78 is 0. The molecular weight excluding hydrogens is 160 g/mol. The van der Waals surface area contributed by atoms with Gasteiger partial charge in [-0.15, -0.1) is 0 Å². The molecule has 1 aliphatic heterocycles. The summed E-state index contributed by atoms with van der Waals surface area (Å²) in [5, 5.41) is 3.38. The molecule has 0 aromatic carbocycles. The van der Waals surface area contributed by atoms with Crippen molar-refractivity contribution < 1.29 is 0 Å². The molecule has 13 heavy (non-hydrogen) atoms. The van der Waals surface area contributed by atoms with Crippen molar-refractivity contribution in [1.29, 1.82) is 0 Å². The van der Waals surface area contributed by atoms with Crippen molar-refractivity contribution in [3.8, 4) is 0 Å². The third kappa shape index (κ3) is 2.44. The average Bonchev–Trinajstić information content (AvgIpc) is 2.18. The Morgan fingerprint density at radius 3 is 3.00 bits per heavy atom. The predicted molar refractivity (Wildman–Crippen MR) is 57.8 cm³/mol. The lowest BCUT2D eigenvalue weighted by Gasteiger charge is -2.25. The Balaban J connectivity index is 2.66. The second-order valence-corrected chi connectivity index (χ2v) is 3.40. The summed E-state index contributed by atoms with van der Waals surface area (Å²) in [6.07, 6.45) is 6.57. The largest absolute Gasteiger partial charge is 0.367 e. The number of rotatable bonds is 4. The fraction of sp³-hybridized carbons (Fsp3) is 0.545. The van der Waals surface area contributed by atoms with Crippen molar-refractivity contribution in [2.24, 2.45) is 4.99 Å². The van der Waals surface area contributed by atoms with E-state index in [0.717, 1.165) is 12.2 Å². The van der Waals surface area contributed by atoms with E-state index in [9.17, 15) is 0 Å². The van der Waals surface area contributed by atoms with Gasteiger partial charge in [-0.2, -0.15) is 0 Å². The van der Waals surface area contributed by atoms with E-state index in [1.165, 1.54) is 24.8 Å². The maximum Gasteiger partial charge on any atom is 0.128 e. The number of aliphatic imine (C=N–C) groups is 1. The van der Waals surface area contributed by atoms with Crippen LogP contribution in [-0.4, -0.2) is 12.8 Å². The summed E-state index contributed by atoms with van der Waals surface area (Å²) in [6.45, 7) is 9.53. The highest BCUT2D eigenvalue weighted by Gasteiger charge is 2.16. The van der Waals surface area contributed by atoms with Gasteiger partial charge in [-0.05, 0) is 31.6 Å². The third-order valence-electron chi connectivity index (χ3n) is 2.45. The first-order valence-corrected chi connectivity index (χ1v) is 4.90. The van der Waals surface area contributed by atoms with Crippen LogP contribution in [0.5, 0.6) is 0 Å². The van der Waals surface area contributed by atoms with Gasteiger partial charge in [0.15, 0.2) is 0 Å². The van der Waals surface area contributed by atoms with Gasteiger partial charge in [0, 0.05) is 6.04 Å². The molecule has 0 fully saturated rings. The Bertz CT molecular complexity index is 228. The van der Waals surface area contributed by atoms with Crippen LogP contribution in [0.4, 0.5) is 0 Å². The molecule has 1 rings (SSSR count). The fourth-order valence-electron chi connectivity index (χ4n) is 1.72. The van der Waals surface area contributed by atoms with Gasteiger partial charge in [0.05, 0.1) is 0 Å². The van der Waals surface area contributed by atoms with Crippen molar-refractivity contribution in [3.63, 3.8) is 0 Å². The van der Waals surface area contributed by atoms with Crippen LogP contribution in [0.15, 0.2) is 29.0 Å². The van der Waals surface area contributed by atoms with Gasteiger partial charge < -0.3 is 5.32 Å². The van der Waals surface area contributed by atoms with Gasteiger partial charge in [0.25, 0.3) is 0 Å². The summed E-state index contributed by atoms with van der Waals surface area (Å²) >= 11 is 0. The highest BCUT2D eigenvalue weighted by Crippen LogP contribution is 2.21. The molecule has 1 atom stereocenters. The molecule has 1 heterocycles. The predicted octanol–water partition coefficient (Wildman–Crippen LogP) is 2.64. The lowest BCUT2D eigenvalue weighted by Crippen LogP contribution is -2.32.